The molecule has 1 amide bonds. The largest absolute Gasteiger partial charge is 0.496 e. The van der Waals surface area contributed by atoms with E-state index in [1.807, 2.05) is 73.3 Å². The number of rotatable bonds is 7. The number of halogens is 2. The normalized spacial score (nSPS) is 19.8. The van der Waals surface area contributed by atoms with Crippen molar-refractivity contribution in [2.75, 3.05) is 33.4 Å². The van der Waals surface area contributed by atoms with Crippen LogP contribution in [-0.2, 0) is 16.1 Å². The molecule has 0 spiro atoms. The van der Waals surface area contributed by atoms with Crippen molar-refractivity contribution >= 4 is 34.9 Å². The maximum atomic E-state index is 13.9. The molecule has 0 bridgehead atoms. The molecule has 1 saturated heterocycles. The van der Waals surface area contributed by atoms with Crippen LogP contribution in [0, 0.1) is 5.92 Å². The fourth-order valence-corrected chi connectivity index (χ4v) is 5.46. The molecule has 3 aromatic rings. The quantitative estimate of drug-likeness (QED) is 0.325. The molecule has 3 aromatic carbocycles. The Morgan fingerprint density at radius 2 is 1.59 bits per heavy atom. The number of amidine groups is 1. The lowest BCUT2D eigenvalue weighted by Crippen LogP contribution is -2.40. The van der Waals surface area contributed by atoms with Crippen molar-refractivity contribution in [1.29, 1.82) is 0 Å². The summed E-state index contributed by atoms with van der Waals surface area (Å²) in [5.74, 6) is 1.03. The zero-order valence-electron chi connectivity index (χ0n) is 22.4. The molecule has 0 N–H and O–H groups in total. The summed E-state index contributed by atoms with van der Waals surface area (Å²) in [5.41, 5.74) is 3.85. The van der Waals surface area contributed by atoms with E-state index >= 15 is 0 Å². The summed E-state index contributed by atoms with van der Waals surface area (Å²) in [6.45, 7) is 7.86. The Labute approximate surface area is 240 Å². The van der Waals surface area contributed by atoms with Gasteiger partial charge in [-0.3, -0.25) is 19.6 Å². The smallest absolute Gasteiger partial charge is 0.231 e. The fourth-order valence-electron chi connectivity index (χ4n) is 5.21. The molecule has 0 saturated carbocycles. The number of hydrogen-bond donors (Lipinski definition) is 0. The van der Waals surface area contributed by atoms with E-state index in [1.54, 1.807) is 7.11 Å². The molecule has 2 aliphatic rings. The molecule has 2 unspecified atom stereocenters. The lowest BCUT2D eigenvalue weighted by atomic mass is 9.93. The monoisotopic (exact) mass is 565 g/mol. The molecule has 0 aliphatic carbocycles. The Morgan fingerprint density at radius 1 is 0.974 bits per heavy atom. The number of nitrogens with zero attached hydrogens (tertiary/aromatic N) is 3. The van der Waals surface area contributed by atoms with E-state index in [0.29, 0.717) is 21.6 Å². The molecule has 5 rings (SSSR count). The van der Waals surface area contributed by atoms with Crippen molar-refractivity contribution in [2.24, 2.45) is 10.9 Å². The Hall–Kier alpha value is -2.90. The average Bonchev–Trinajstić information content (AvgIpc) is 3.34. The van der Waals surface area contributed by atoms with Crippen LogP contribution in [0.5, 0.6) is 5.75 Å². The van der Waals surface area contributed by atoms with Crippen molar-refractivity contribution in [2.45, 2.75) is 32.5 Å². The third-order valence-electron chi connectivity index (χ3n) is 7.24. The number of hydrogen-bond acceptors (Lipinski definition) is 5. The van der Waals surface area contributed by atoms with Crippen molar-refractivity contribution in [1.82, 2.24) is 9.80 Å². The van der Waals surface area contributed by atoms with Gasteiger partial charge >= 0.3 is 0 Å². The fraction of sp³-hybridized carbons (Fsp3) is 0.355. The minimum absolute atomic E-state index is 0.00852. The van der Waals surface area contributed by atoms with E-state index in [-0.39, 0.29) is 23.9 Å². The van der Waals surface area contributed by atoms with Crippen molar-refractivity contribution in [3.8, 4) is 5.75 Å². The lowest BCUT2D eigenvalue weighted by molar-refractivity contribution is -0.132. The van der Waals surface area contributed by atoms with Gasteiger partial charge in [-0.2, -0.15) is 0 Å². The summed E-state index contributed by atoms with van der Waals surface area (Å²) in [5, 5.41) is 1.29. The zero-order valence-corrected chi connectivity index (χ0v) is 24.0. The van der Waals surface area contributed by atoms with Crippen LogP contribution in [0.4, 0.5) is 0 Å². The molecule has 39 heavy (non-hydrogen) atoms. The topological polar surface area (TPSA) is 54.4 Å². The van der Waals surface area contributed by atoms with Gasteiger partial charge in [-0.15, -0.1) is 0 Å². The van der Waals surface area contributed by atoms with Gasteiger partial charge in [0.15, 0.2) is 0 Å². The first-order valence-electron chi connectivity index (χ1n) is 13.2. The third kappa shape index (κ3) is 5.99. The van der Waals surface area contributed by atoms with Crippen LogP contribution in [0.25, 0.3) is 0 Å². The highest BCUT2D eigenvalue weighted by Gasteiger charge is 2.43. The molecule has 2 atom stereocenters. The maximum Gasteiger partial charge on any atom is 0.231 e. The predicted octanol–water partition coefficient (Wildman–Crippen LogP) is 6.56. The lowest BCUT2D eigenvalue weighted by Gasteiger charge is -2.31. The highest BCUT2D eigenvalue weighted by Crippen LogP contribution is 2.45. The molecular weight excluding hydrogens is 533 g/mol. The van der Waals surface area contributed by atoms with Gasteiger partial charge in [0.1, 0.15) is 17.6 Å². The standard InChI is InChI=1S/C31H33Cl2N3O3/c1-20(2)31(37)36-29(23-7-11-25(33)12-8-23)28(22-5-9-24(32)10-6-22)34-30(36)26-18-21(4-13-27(26)38-3)19-35-14-16-39-17-15-35/h4-13,18,20,28-29H,14-17,19H2,1-3H3. The number of aliphatic imine (C=N–C) groups is 1. The molecule has 204 valence electrons. The Kier molecular flexibility index (Phi) is 8.57. The van der Waals surface area contributed by atoms with Crippen LogP contribution in [0.2, 0.25) is 10.0 Å². The SMILES string of the molecule is COc1ccc(CN2CCOCC2)cc1C1=NC(c2ccc(Cl)cc2)C(c2ccc(Cl)cc2)N1C(=O)C(C)C. The van der Waals surface area contributed by atoms with E-state index in [9.17, 15) is 4.79 Å². The number of carbonyl (C=O) groups is 1. The van der Waals surface area contributed by atoms with Crippen LogP contribution in [0.15, 0.2) is 71.7 Å². The molecule has 8 heteroatoms. The average molecular weight is 567 g/mol. The molecule has 2 heterocycles. The summed E-state index contributed by atoms with van der Waals surface area (Å²) < 4.78 is 11.3. The van der Waals surface area contributed by atoms with Gasteiger partial charge in [-0.25, -0.2) is 0 Å². The highest BCUT2D eigenvalue weighted by atomic mass is 35.5. The predicted molar refractivity (Wildman–Crippen MR) is 156 cm³/mol. The maximum absolute atomic E-state index is 13.9. The van der Waals surface area contributed by atoms with Crippen LogP contribution in [0.1, 0.15) is 48.2 Å². The summed E-state index contributed by atoms with van der Waals surface area (Å²) in [7, 11) is 1.65. The second-order valence-corrected chi connectivity index (χ2v) is 11.1. The summed E-state index contributed by atoms with van der Waals surface area (Å²) in [6.07, 6.45) is 0. The highest BCUT2D eigenvalue weighted by molar-refractivity contribution is 6.30. The molecule has 0 aromatic heterocycles. The van der Waals surface area contributed by atoms with Crippen LogP contribution < -0.4 is 4.74 Å². The van der Waals surface area contributed by atoms with E-state index in [2.05, 4.69) is 17.0 Å². The van der Waals surface area contributed by atoms with Gasteiger partial charge in [-0.05, 0) is 53.1 Å². The number of carbonyl (C=O) groups excluding carboxylic acids is 1. The van der Waals surface area contributed by atoms with Crippen molar-refractivity contribution in [3.63, 3.8) is 0 Å². The van der Waals surface area contributed by atoms with Gasteiger partial charge in [0.2, 0.25) is 5.91 Å². The van der Waals surface area contributed by atoms with Crippen LogP contribution in [-0.4, -0.2) is 55.0 Å². The van der Waals surface area contributed by atoms with E-state index in [4.69, 9.17) is 37.7 Å². The minimum Gasteiger partial charge on any atom is -0.496 e. The van der Waals surface area contributed by atoms with Crippen LogP contribution in [0.3, 0.4) is 0 Å². The Balaban J connectivity index is 1.65. The number of benzene rings is 3. The first kappa shape index (κ1) is 27.7. The molecule has 0 radical (unpaired) electrons. The molecule has 2 aliphatic heterocycles. The van der Waals surface area contributed by atoms with Crippen molar-refractivity contribution in [3.05, 3.63) is 99.0 Å². The number of morpholine rings is 1. The van der Waals surface area contributed by atoms with Gasteiger partial charge in [0.25, 0.3) is 0 Å². The van der Waals surface area contributed by atoms with Crippen molar-refractivity contribution < 1.29 is 14.3 Å². The number of amides is 1. The molecule has 6 nitrogen and oxygen atoms in total. The molecular formula is C31H33Cl2N3O3. The summed E-state index contributed by atoms with van der Waals surface area (Å²) >= 11 is 12.5. The minimum atomic E-state index is -0.360. The third-order valence-corrected chi connectivity index (χ3v) is 7.74. The Bertz CT molecular complexity index is 1340. The van der Waals surface area contributed by atoms with Gasteiger partial charge in [-0.1, -0.05) is 67.4 Å². The van der Waals surface area contributed by atoms with Gasteiger partial charge in [0, 0.05) is 35.6 Å². The van der Waals surface area contributed by atoms with Gasteiger partial charge < -0.3 is 9.47 Å². The van der Waals surface area contributed by atoms with Crippen LogP contribution >= 0.6 is 23.2 Å². The first-order chi connectivity index (χ1) is 18.9. The first-order valence-corrected chi connectivity index (χ1v) is 14.0. The second-order valence-electron chi connectivity index (χ2n) is 10.2. The van der Waals surface area contributed by atoms with Gasteiger partial charge in [0.05, 0.1) is 31.9 Å². The summed E-state index contributed by atoms with van der Waals surface area (Å²) in [4.78, 5) is 23.4. The van der Waals surface area contributed by atoms with E-state index in [1.165, 1.54) is 0 Å². The second kappa shape index (κ2) is 12.1. The Morgan fingerprint density at radius 3 is 2.18 bits per heavy atom. The molecule has 1 fully saturated rings. The number of ether oxygens (including phenoxy) is 2. The number of methoxy groups -OCH3 is 1. The summed E-state index contributed by atoms with van der Waals surface area (Å²) in [6, 6.07) is 20.8. The van der Waals surface area contributed by atoms with E-state index < -0.39 is 0 Å². The van der Waals surface area contributed by atoms with E-state index in [0.717, 1.165) is 55.1 Å². The zero-order chi connectivity index (χ0) is 27.5.